The number of hydrogen-bond acceptors (Lipinski definition) is 5. The Morgan fingerprint density at radius 2 is 1.38 bits per heavy atom. The average molecular weight is 535 g/mol. The molecule has 0 spiro atoms. The molecule has 4 atom stereocenters. The minimum absolute atomic E-state index is 0.140. The van der Waals surface area contributed by atoms with Crippen LogP contribution in [0.1, 0.15) is 49.7 Å². The average Bonchev–Trinajstić information content (AvgIpc) is 3.59. The van der Waals surface area contributed by atoms with E-state index >= 15 is 0 Å². The molecule has 0 aliphatic carbocycles. The summed E-state index contributed by atoms with van der Waals surface area (Å²) in [6, 6.07) is 16.9. The number of carbonyl (C=O) groups is 4. The summed E-state index contributed by atoms with van der Waals surface area (Å²) >= 11 is 0. The maximum absolute atomic E-state index is 13.6. The highest BCUT2D eigenvalue weighted by Crippen LogP contribution is 2.26. The van der Waals surface area contributed by atoms with Gasteiger partial charge >= 0.3 is 5.97 Å². The molecule has 2 aliphatic rings. The highest BCUT2D eigenvalue weighted by Gasteiger charge is 2.42. The second-order valence-corrected chi connectivity index (χ2v) is 10.6. The van der Waals surface area contributed by atoms with Crippen molar-refractivity contribution in [2.75, 3.05) is 13.1 Å². The maximum Gasteiger partial charge on any atom is 0.305 e. The Kier molecular flexibility index (Phi) is 9.70. The lowest BCUT2D eigenvalue weighted by molar-refractivity contribution is -0.147. The summed E-state index contributed by atoms with van der Waals surface area (Å²) in [5, 5.41) is 12.3. The minimum atomic E-state index is -0.999. The first-order valence-electron chi connectivity index (χ1n) is 13.8. The fourth-order valence-corrected chi connectivity index (χ4v) is 5.73. The lowest BCUT2D eigenvalue weighted by atomic mass is 10.0. The Hall–Kier alpha value is -3.72. The number of likely N-dealkylation sites (tertiary alicyclic amines) is 2. The summed E-state index contributed by atoms with van der Waals surface area (Å²) < 4.78 is 0. The molecule has 39 heavy (non-hydrogen) atoms. The van der Waals surface area contributed by atoms with Gasteiger partial charge in [0.15, 0.2) is 0 Å². The highest BCUT2D eigenvalue weighted by atomic mass is 16.4. The number of rotatable bonds is 11. The molecule has 4 N–H and O–H groups in total. The number of benzene rings is 2. The van der Waals surface area contributed by atoms with Gasteiger partial charge in [-0.1, -0.05) is 60.7 Å². The summed E-state index contributed by atoms with van der Waals surface area (Å²) in [5.74, 6) is -1.70. The fraction of sp³-hybridized carbons (Fsp3) is 0.467. The Morgan fingerprint density at radius 1 is 0.821 bits per heavy atom. The summed E-state index contributed by atoms with van der Waals surface area (Å²) in [6.45, 7) is 0.932. The van der Waals surface area contributed by atoms with Gasteiger partial charge in [-0.05, 0) is 49.7 Å². The second-order valence-electron chi connectivity index (χ2n) is 10.6. The summed E-state index contributed by atoms with van der Waals surface area (Å²) in [7, 11) is 0. The van der Waals surface area contributed by atoms with Gasteiger partial charge in [-0.3, -0.25) is 19.2 Å². The molecular weight excluding hydrogens is 496 g/mol. The molecule has 0 aromatic heterocycles. The Labute approximate surface area is 229 Å². The van der Waals surface area contributed by atoms with Gasteiger partial charge in [-0.25, -0.2) is 0 Å². The van der Waals surface area contributed by atoms with Gasteiger partial charge in [-0.15, -0.1) is 0 Å². The number of carbonyl (C=O) groups excluding carboxylic acids is 3. The molecule has 2 aromatic rings. The molecule has 2 heterocycles. The van der Waals surface area contributed by atoms with Crippen molar-refractivity contribution < 1.29 is 24.3 Å². The van der Waals surface area contributed by atoms with Crippen molar-refractivity contribution in [3.8, 4) is 0 Å². The quantitative estimate of drug-likeness (QED) is 0.405. The van der Waals surface area contributed by atoms with Crippen LogP contribution < -0.4 is 11.1 Å². The van der Waals surface area contributed by atoms with Crippen LogP contribution in [0.25, 0.3) is 0 Å². The molecule has 208 valence electrons. The third kappa shape index (κ3) is 7.66. The molecule has 4 rings (SSSR count). The topological polar surface area (TPSA) is 133 Å². The van der Waals surface area contributed by atoms with Crippen LogP contribution in [-0.2, 0) is 32.0 Å². The first kappa shape index (κ1) is 28.3. The van der Waals surface area contributed by atoms with Crippen molar-refractivity contribution in [2.24, 2.45) is 5.73 Å². The molecule has 2 saturated heterocycles. The van der Waals surface area contributed by atoms with E-state index in [1.165, 1.54) is 0 Å². The molecule has 0 saturated carbocycles. The summed E-state index contributed by atoms with van der Waals surface area (Å²) in [4.78, 5) is 54.8. The largest absolute Gasteiger partial charge is 0.481 e. The van der Waals surface area contributed by atoms with Gasteiger partial charge in [0.1, 0.15) is 12.1 Å². The SMILES string of the molecule is NC(CC(=O)N1CCCC1C(=O)N1CCCC1C(=O)NC(CC(=O)O)Cc1ccccc1)Cc1ccccc1. The number of hydrogen-bond donors (Lipinski definition) is 3. The smallest absolute Gasteiger partial charge is 0.305 e. The zero-order chi connectivity index (χ0) is 27.8. The van der Waals surface area contributed by atoms with Crippen LogP contribution in [0.15, 0.2) is 60.7 Å². The summed E-state index contributed by atoms with van der Waals surface area (Å²) in [6.07, 6.45) is 3.35. The van der Waals surface area contributed by atoms with E-state index in [0.29, 0.717) is 45.2 Å². The van der Waals surface area contributed by atoms with E-state index in [2.05, 4.69) is 5.32 Å². The van der Waals surface area contributed by atoms with E-state index in [9.17, 15) is 24.3 Å². The van der Waals surface area contributed by atoms with Gasteiger partial charge in [0.2, 0.25) is 17.7 Å². The van der Waals surface area contributed by atoms with Gasteiger partial charge in [0.25, 0.3) is 0 Å². The summed E-state index contributed by atoms with van der Waals surface area (Å²) in [5.41, 5.74) is 8.26. The molecule has 2 aromatic carbocycles. The molecular formula is C30H38N4O5. The first-order chi connectivity index (χ1) is 18.8. The van der Waals surface area contributed by atoms with Crippen molar-refractivity contribution in [2.45, 2.75) is 75.5 Å². The molecule has 2 fully saturated rings. The molecule has 0 radical (unpaired) electrons. The fourth-order valence-electron chi connectivity index (χ4n) is 5.73. The third-order valence-electron chi connectivity index (χ3n) is 7.57. The van der Waals surface area contributed by atoms with Crippen molar-refractivity contribution in [3.05, 3.63) is 71.8 Å². The van der Waals surface area contributed by atoms with E-state index in [-0.39, 0.29) is 36.6 Å². The van der Waals surface area contributed by atoms with Crippen LogP contribution in [0.3, 0.4) is 0 Å². The third-order valence-corrected chi connectivity index (χ3v) is 7.57. The molecule has 3 amide bonds. The van der Waals surface area contributed by atoms with Crippen LogP contribution in [0.4, 0.5) is 0 Å². The number of nitrogens with two attached hydrogens (primary N) is 1. The van der Waals surface area contributed by atoms with Crippen LogP contribution in [-0.4, -0.2) is 75.9 Å². The van der Waals surface area contributed by atoms with Crippen LogP contribution in [0.2, 0.25) is 0 Å². The predicted octanol–water partition coefficient (Wildman–Crippen LogP) is 2.13. The lowest BCUT2D eigenvalue weighted by Gasteiger charge is -2.32. The number of amides is 3. The van der Waals surface area contributed by atoms with E-state index in [1.807, 2.05) is 60.7 Å². The second kappa shape index (κ2) is 13.4. The van der Waals surface area contributed by atoms with Crippen molar-refractivity contribution in [1.29, 1.82) is 0 Å². The van der Waals surface area contributed by atoms with E-state index in [0.717, 1.165) is 17.5 Å². The maximum atomic E-state index is 13.6. The number of carboxylic acid groups (broad SMARTS) is 1. The van der Waals surface area contributed by atoms with Crippen molar-refractivity contribution in [1.82, 2.24) is 15.1 Å². The van der Waals surface area contributed by atoms with Gasteiger partial charge in [0.05, 0.1) is 6.42 Å². The Balaban J connectivity index is 1.37. The number of carboxylic acids is 1. The van der Waals surface area contributed by atoms with Crippen LogP contribution in [0.5, 0.6) is 0 Å². The highest BCUT2D eigenvalue weighted by molar-refractivity contribution is 5.93. The first-order valence-corrected chi connectivity index (χ1v) is 13.8. The Morgan fingerprint density at radius 3 is 2.00 bits per heavy atom. The van der Waals surface area contributed by atoms with Crippen LogP contribution in [0, 0.1) is 0 Å². The van der Waals surface area contributed by atoms with Gasteiger partial charge in [0, 0.05) is 31.6 Å². The van der Waals surface area contributed by atoms with E-state index in [4.69, 9.17) is 5.73 Å². The number of nitrogens with zero attached hydrogens (tertiary/aromatic N) is 2. The monoisotopic (exact) mass is 534 g/mol. The molecule has 9 heteroatoms. The van der Waals surface area contributed by atoms with Gasteiger partial charge in [-0.2, -0.15) is 0 Å². The number of nitrogens with one attached hydrogen (secondary N) is 1. The Bertz CT molecular complexity index is 1140. The van der Waals surface area contributed by atoms with Crippen molar-refractivity contribution in [3.63, 3.8) is 0 Å². The van der Waals surface area contributed by atoms with Crippen molar-refractivity contribution >= 4 is 23.7 Å². The normalized spacial score (nSPS) is 20.4. The molecule has 4 unspecified atom stereocenters. The molecule has 9 nitrogen and oxygen atoms in total. The van der Waals surface area contributed by atoms with E-state index in [1.54, 1.807) is 9.80 Å². The molecule has 2 aliphatic heterocycles. The van der Waals surface area contributed by atoms with Crippen LogP contribution >= 0.6 is 0 Å². The molecule has 0 bridgehead atoms. The standard InChI is InChI=1S/C30H38N4O5/c31-23(17-21-9-3-1-4-10-21)19-27(35)33-15-8-14-26(33)30(39)34-16-7-13-25(34)29(38)32-24(20-28(36)37)18-22-11-5-2-6-12-22/h1-6,9-12,23-26H,7-8,13-20,31H2,(H,32,38)(H,36,37). The number of aliphatic carboxylic acids is 1. The van der Waals surface area contributed by atoms with Gasteiger partial charge < -0.3 is 26.0 Å². The predicted molar refractivity (Wildman–Crippen MR) is 147 cm³/mol. The zero-order valence-electron chi connectivity index (χ0n) is 22.2. The van der Waals surface area contributed by atoms with E-state index < -0.39 is 24.1 Å². The zero-order valence-corrected chi connectivity index (χ0v) is 22.2. The lowest BCUT2D eigenvalue weighted by Crippen LogP contribution is -2.54. The minimum Gasteiger partial charge on any atom is -0.481 e.